The van der Waals surface area contributed by atoms with Crippen LogP contribution in [0.1, 0.15) is 12.8 Å². The van der Waals surface area contributed by atoms with Crippen molar-refractivity contribution in [1.29, 1.82) is 0 Å². The second kappa shape index (κ2) is 4.99. The third-order valence-electron chi connectivity index (χ3n) is 1.92. The molecule has 4 nitrogen and oxygen atoms in total. The average molecular weight is 186 g/mol. The molecule has 0 amide bonds. The van der Waals surface area contributed by atoms with Crippen LogP contribution >= 0.6 is 0 Å². The third-order valence-corrected chi connectivity index (χ3v) is 1.92. The monoisotopic (exact) mass is 186 g/mol. The lowest BCUT2D eigenvalue weighted by molar-refractivity contribution is -0.117. The highest BCUT2D eigenvalue weighted by Gasteiger charge is 2.20. The smallest absolute Gasteiger partial charge is 0.188 e. The summed E-state index contributed by atoms with van der Waals surface area (Å²) in [6.45, 7) is 0.177. The first-order valence-corrected chi connectivity index (χ1v) is 4.22. The maximum atomic E-state index is 11.1. The van der Waals surface area contributed by atoms with Crippen molar-refractivity contribution in [2.45, 2.75) is 12.8 Å². The van der Waals surface area contributed by atoms with Gasteiger partial charge in [0.05, 0.1) is 0 Å². The number of allylic oxidation sites excluding steroid dienone is 2. The first-order valence-electron chi connectivity index (χ1n) is 4.22. The van der Waals surface area contributed by atoms with Crippen LogP contribution in [-0.4, -0.2) is 31.4 Å². The topological polar surface area (TPSA) is 55.8 Å². The summed E-state index contributed by atoms with van der Waals surface area (Å²) in [4.78, 5) is 11.1. The zero-order valence-electron chi connectivity index (χ0n) is 7.66. The van der Waals surface area contributed by atoms with Crippen LogP contribution in [0.3, 0.4) is 0 Å². The van der Waals surface area contributed by atoms with E-state index in [0.29, 0.717) is 18.6 Å². The number of ether oxygens (including phenoxy) is 2. The van der Waals surface area contributed by atoms with Gasteiger partial charge in [-0.2, -0.15) is 0 Å². The van der Waals surface area contributed by atoms with Crippen LogP contribution in [0.2, 0.25) is 0 Å². The van der Waals surface area contributed by atoms with Crippen molar-refractivity contribution in [1.82, 2.24) is 0 Å². The van der Waals surface area contributed by atoms with Crippen molar-refractivity contribution >= 4 is 5.78 Å². The number of ketones is 1. The van der Waals surface area contributed by atoms with Crippen LogP contribution in [0.25, 0.3) is 0 Å². The molecule has 74 valence electrons. The van der Waals surface area contributed by atoms with Crippen molar-refractivity contribution in [3.05, 3.63) is 11.8 Å². The molecule has 0 saturated heterocycles. The Hall–Kier alpha value is -0.870. The van der Waals surface area contributed by atoms with Gasteiger partial charge in [0.25, 0.3) is 0 Å². The first kappa shape index (κ1) is 10.2. The lowest BCUT2D eigenvalue weighted by Crippen LogP contribution is -2.18. The van der Waals surface area contributed by atoms with Crippen LogP contribution in [0.5, 0.6) is 0 Å². The van der Waals surface area contributed by atoms with Crippen LogP contribution in [0.4, 0.5) is 0 Å². The fourth-order valence-corrected chi connectivity index (χ4v) is 1.30. The summed E-state index contributed by atoms with van der Waals surface area (Å²) < 4.78 is 9.85. The van der Waals surface area contributed by atoms with E-state index in [0.717, 1.165) is 0 Å². The van der Waals surface area contributed by atoms with E-state index in [-0.39, 0.29) is 25.1 Å². The molecule has 0 aromatic rings. The van der Waals surface area contributed by atoms with E-state index >= 15 is 0 Å². The lowest BCUT2D eigenvalue weighted by atomic mass is 9.93. The van der Waals surface area contributed by atoms with Crippen molar-refractivity contribution in [2.75, 3.05) is 20.5 Å². The normalized spacial score (nSPS) is 22.8. The predicted molar refractivity (Wildman–Crippen MR) is 45.9 cm³/mol. The molecule has 0 aromatic carbocycles. The van der Waals surface area contributed by atoms with Gasteiger partial charge < -0.3 is 14.6 Å². The lowest BCUT2D eigenvalue weighted by Gasteiger charge is -2.19. The Bertz CT molecular complexity index is 210. The molecule has 13 heavy (non-hydrogen) atoms. The van der Waals surface area contributed by atoms with Gasteiger partial charge in [-0.05, 0) is 5.92 Å². The minimum Gasteiger partial charge on any atom is -0.472 e. The Morgan fingerprint density at radius 2 is 2.38 bits per heavy atom. The van der Waals surface area contributed by atoms with Gasteiger partial charge in [-0.1, -0.05) is 0 Å². The van der Waals surface area contributed by atoms with Gasteiger partial charge in [-0.15, -0.1) is 0 Å². The summed E-state index contributed by atoms with van der Waals surface area (Å²) in [6, 6.07) is 0. The molecule has 0 bridgehead atoms. The SMILES string of the molecule is COCOC1=CC(=O)C[C@H](CO)C1. The van der Waals surface area contributed by atoms with Crippen molar-refractivity contribution in [3.8, 4) is 0 Å². The van der Waals surface area contributed by atoms with Gasteiger partial charge in [-0.25, -0.2) is 0 Å². The maximum absolute atomic E-state index is 11.1. The molecule has 0 aliphatic heterocycles. The van der Waals surface area contributed by atoms with Crippen LogP contribution in [0, 0.1) is 5.92 Å². The minimum absolute atomic E-state index is 0.00403. The molecule has 0 unspecified atom stereocenters. The molecule has 0 fully saturated rings. The van der Waals surface area contributed by atoms with E-state index in [1.54, 1.807) is 0 Å². The minimum atomic E-state index is 0.00403. The molecule has 1 aliphatic carbocycles. The van der Waals surface area contributed by atoms with Gasteiger partial charge in [0, 0.05) is 32.6 Å². The van der Waals surface area contributed by atoms with Crippen molar-refractivity contribution in [2.24, 2.45) is 5.92 Å². The van der Waals surface area contributed by atoms with Gasteiger partial charge in [0.15, 0.2) is 12.6 Å². The second-order valence-electron chi connectivity index (χ2n) is 3.08. The average Bonchev–Trinajstić information content (AvgIpc) is 2.14. The van der Waals surface area contributed by atoms with E-state index in [4.69, 9.17) is 14.6 Å². The van der Waals surface area contributed by atoms with Gasteiger partial charge in [0.1, 0.15) is 5.76 Å². The van der Waals surface area contributed by atoms with Crippen LogP contribution < -0.4 is 0 Å². The molecule has 0 heterocycles. The first-order chi connectivity index (χ1) is 6.26. The number of carbonyl (C=O) groups is 1. The molecule has 0 aromatic heterocycles. The zero-order chi connectivity index (χ0) is 9.68. The Balaban J connectivity index is 2.48. The predicted octanol–water partition coefficient (Wildman–Crippen LogP) is 0.462. The molecule has 1 rings (SSSR count). The Morgan fingerprint density at radius 1 is 1.62 bits per heavy atom. The molecule has 0 saturated carbocycles. The van der Waals surface area contributed by atoms with Crippen molar-refractivity contribution in [3.63, 3.8) is 0 Å². The number of aliphatic hydroxyl groups is 1. The van der Waals surface area contributed by atoms with Crippen LogP contribution in [-0.2, 0) is 14.3 Å². The highest BCUT2D eigenvalue weighted by atomic mass is 16.7. The molecule has 0 radical (unpaired) electrons. The number of methoxy groups -OCH3 is 1. The Morgan fingerprint density at radius 3 is 3.00 bits per heavy atom. The van der Waals surface area contributed by atoms with E-state index < -0.39 is 0 Å². The summed E-state index contributed by atoms with van der Waals surface area (Å²) >= 11 is 0. The maximum Gasteiger partial charge on any atom is 0.188 e. The molecule has 0 spiro atoms. The fraction of sp³-hybridized carbons (Fsp3) is 0.667. The summed E-state index contributed by atoms with van der Waals surface area (Å²) in [6.07, 6.45) is 2.51. The number of rotatable bonds is 4. The highest BCUT2D eigenvalue weighted by Crippen LogP contribution is 2.22. The second-order valence-corrected chi connectivity index (χ2v) is 3.08. The summed E-state index contributed by atoms with van der Waals surface area (Å²) in [7, 11) is 1.52. The Kier molecular flexibility index (Phi) is 3.92. The summed E-state index contributed by atoms with van der Waals surface area (Å²) in [5, 5.41) is 8.89. The summed E-state index contributed by atoms with van der Waals surface area (Å²) in [5.74, 6) is 0.623. The molecule has 4 heteroatoms. The van der Waals surface area contributed by atoms with Gasteiger partial charge in [0.2, 0.25) is 0 Å². The number of carbonyl (C=O) groups excluding carboxylic acids is 1. The zero-order valence-corrected chi connectivity index (χ0v) is 7.66. The Labute approximate surface area is 77.1 Å². The third kappa shape index (κ3) is 3.16. The summed E-state index contributed by atoms with van der Waals surface area (Å²) in [5.41, 5.74) is 0. The molecular weight excluding hydrogens is 172 g/mol. The van der Waals surface area contributed by atoms with Gasteiger partial charge in [-0.3, -0.25) is 4.79 Å². The fourth-order valence-electron chi connectivity index (χ4n) is 1.30. The van der Waals surface area contributed by atoms with E-state index in [1.165, 1.54) is 13.2 Å². The number of hydrogen-bond donors (Lipinski definition) is 1. The molecule has 1 N–H and O–H groups in total. The molecular formula is C9H14O4. The number of aliphatic hydroxyl groups excluding tert-OH is 1. The van der Waals surface area contributed by atoms with E-state index in [1.807, 2.05) is 0 Å². The molecule has 1 atom stereocenters. The van der Waals surface area contributed by atoms with E-state index in [2.05, 4.69) is 0 Å². The standard InChI is InChI=1S/C9H14O4/c1-12-6-13-9-3-7(5-10)2-8(11)4-9/h4,7,10H,2-3,5-6H2,1H3/t7-/m0/s1. The van der Waals surface area contributed by atoms with Crippen LogP contribution in [0.15, 0.2) is 11.8 Å². The van der Waals surface area contributed by atoms with Gasteiger partial charge >= 0.3 is 0 Å². The largest absolute Gasteiger partial charge is 0.472 e. The highest BCUT2D eigenvalue weighted by molar-refractivity contribution is 5.91. The van der Waals surface area contributed by atoms with Crippen molar-refractivity contribution < 1.29 is 19.4 Å². The molecule has 1 aliphatic rings. The quantitative estimate of drug-likeness (QED) is 0.648. The van der Waals surface area contributed by atoms with E-state index in [9.17, 15) is 4.79 Å². The number of hydrogen-bond acceptors (Lipinski definition) is 4.